The van der Waals surface area contributed by atoms with Crippen LogP contribution >= 0.6 is 0 Å². The van der Waals surface area contributed by atoms with Gasteiger partial charge in [0.1, 0.15) is 17.1 Å². The van der Waals surface area contributed by atoms with E-state index in [1.165, 1.54) is 0 Å². The highest BCUT2D eigenvalue weighted by Gasteiger charge is 2.38. The van der Waals surface area contributed by atoms with E-state index in [0.717, 1.165) is 29.5 Å². The molecule has 2 aromatic carbocycles. The smallest absolute Gasteiger partial charge is 0.251 e. The SMILES string of the molecule is Cc1cc(C(=O)NC2CC(C)(C)NC(C)(C)C2)ccc1-c1nc2c(O)cccc2[nH]1. The molecular weight excluding hydrogens is 376 g/mol. The molecule has 3 aromatic rings. The van der Waals surface area contributed by atoms with Crippen LogP contribution in [0, 0.1) is 6.92 Å². The lowest BCUT2D eigenvalue weighted by Gasteiger charge is -2.46. The van der Waals surface area contributed by atoms with Crippen molar-refractivity contribution < 1.29 is 9.90 Å². The van der Waals surface area contributed by atoms with Crippen LogP contribution in [-0.2, 0) is 0 Å². The summed E-state index contributed by atoms with van der Waals surface area (Å²) in [6, 6.07) is 11.1. The van der Waals surface area contributed by atoms with Crippen LogP contribution in [0.5, 0.6) is 5.75 Å². The number of hydrogen-bond donors (Lipinski definition) is 4. The maximum Gasteiger partial charge on any atom is 0.251 e. The van der Waals surface area contributed by atoms with Crippen molar-refractivity contribution >= 4 is 16.9 Å². The van der Waals surface area contributed by atoms with Gasteiger partial charge in [0, 0.05) is 28.2 Å². The van der Waals surface area contributed by atoms with E-state index in [1.807, 2.05) is 31.2 Å². The average molecular weight is 407 g/mol. The Balaban J connectivity index is 1.55. The van der Waals surface area contributed by atoms with E-state index in [9.17, 15) is 9.90 Å². The maximum atomic E-state index is 12.9. The van der Waals surface area contributed by atoms with Gasteiger partial charge in [-0.15, -0.1) is 0 Å². The molecule has 0 aliphatic carbocycles. The number of amides is 1. The van der Waals surface area contributed by atoms with Crippen molar-refractivity contribution in [2.24, 2.45) is 0 Å². The number of rotatable bonds is 3. The Morgan fingerprint density at radius 3 is 2.47 bits per heavy atom. The summed E-state index contributed by atoms with van der Waals surface area (Å²) < 4.78 is 0. The molecule has 1 saturated heterocycles. The lowest BCUT2D eigenvalue weighted by molar-refractivity contribution is 0.0873. The number of phenols is 1. The van der Waals surface area contributed by atoms with Gasteiger partial charge in [-0.25, -0.2) is 4.98 Å². The molecule has 1 fully saturated rings. The first kappa shape index (κ1) is 20.4. The predicted octanol–water partition coefficient (Wildman–Crippen LogP) is 4.28. The molecule has 4 rings (SSSR count). The Morgan fingerprint density at radius 2 is 1.83 bits per heavy atom. The molecular formula is C24H30N4O2. The van der Waals surface area contributed by atoms with Gasteiger partial charge in [0.25, 0.3) is 5.91 Å². The number of aromatic nitrogens is 2. The second-order valence-corrected chi connectivity index (χ2v) is 9.76. The van der Waals surface area contributed by atoms with Gasteiger partial charge in [0.05, 0.1) is 5.52 Å². The number of carbonyl (C=O) groups excluding carboxylic acids is 1. The van der Waals surface area contributed by atoms with E-state index in [4.69, 9.17) is 0 Å². The quantitative estimate of drug-likeness (QED) is 0.522. The van der Waals surface area contributed by atoms with Crippen LogP contribution in [-0.4, -0.2) is 38.1 Å². The highest BCUT2D eigenvalue weighted by atomic mass is 16.3. The maximum absolute atomic E-state index is 12.9. The molecule has 30 heavy (non-hydrogen) atoms. The molecule has 0 radical (unpaired) electrons. The fourth-order valence-corrected chi connectivity index (χ4v) is 4.91. The van der Waals surface area contributed by atoms with E-state index in [-0.39, 0.29) is 28.8 Å². The number of benzene rings is 2. The number of para-hydroxylation sites is 1. The number of aromatic amines is 1. The van der Waals surface area contributed by atoms with Crippen molar-refractivity contribution in [1.82, 2.24) is 20.6 Å². The molecule has 0 saturated carbocycles. The Labute approximate surface area is 177 Å². The summed E-state index contributed by atoms with van der Waals surface area (Å²) in [4.78, 5) is 20.7. The Kier molecular flexibility index (Phi) is 4.85. The Hall–Kier alpha value is -2.86. The zero-order valence-corrected chi connectivity index (χ0v) is 18.3. The van der Waals surface area contributed by atoms with Gasteiger partial charge >= 0.3 is 0 Å². The topological polar surface area (TPSA) is 90.0 Å². The monoisotopic (exact) mass is 406 g/mol. The van der Waals surface area contributed by atoms with Gasteiger partial charge < -0.3 is 20.7 Å². The van der Waals surface area contributed by atoms with Gasteiger partial charge in [-0.3, -0.25) is 4.79 Å². The predicted molar refractivity (Wildman–Crippen MR) is 120 cm³/mol. The Morgan fingerprint density at radius 1 is 1.13 bits per heavy atom. The fourth-order valence-electron chi connectivity index (χ4n) is 4.91. The van der Waals surface area contributed by atoms with Crippen molar-refractivity contribution in [1.29, 1.82) is 0 Å². The van der Waals surface area contributed by atoms with Crippen molar-refractivity contribution in [3.8, 4) is 17.1 Å². The summed E-state index contributed by atoms with van der Waals surface area (Å²) in [5, 5.41) is 16.9. The summed E-state index contributed by atoms with van der Waals surface area (Å²) in [6.07, 6.45) is 1.78. The Bertz CT molecular complexity index is 1100. The number of imidazole rings is 1. The number of fused-ring (bicyclic) bond motifs is 1. The zero-order valence-electron chi connectivity index (χ0n) is 18.3. The first-order chi connectivity index (χ1) is 14.0. The van der Waals surface area contributed by atoms with E-state index in [0.29, 0.717) is 16.9 Å². The van der Waals surface area contributed by atoms with Crippen LogP contribution in [0.2, 0.25) is 0 Å². The number of aromatic hydroxyl groups is 1. The van der Waals surface area contributed by atoms with Crippen molar-refractivity contribution in [2.45, 2.75) is 64.6 Å². The minimum Gasteiger partial charge on any atom is -0.506 e. The summed E-state index contributed by atoms with van der Waals surface area (Å²) in [5.74, 6) is 0.777. The molecule has 1 amide bonds. The van der Waals surface area contributed by atoms with Crippen molar-refractivity contribution in [2.75, 3.05) is 0 Å². The minimum atomic E-state index is -0.0506. The molecule has 1 aromatic heterocycles. The molecule has 0 spiro atoms. The number of nitrogens with one attached hydrogen (secondary N) is 3. The lowest BCUT2D eigenvalue weighted by atomic mass is 9.79. The zero-order chi connectivity index (χ0) is 21.7. The molecule has 6 nitrogen and oxygen atoms in total. The summed E-state index contributed by atoms with van der Waals surface area (Å²) in [6.45, 7) is 10.7. The van der Waals surface area contributed by atoms with Gasteiger partial charge in [0.15, 0.2) is 0 Å². The van der Waals surface area contributed by atoms with Crippen LogP contribution in [0.25, 0.3) is 22.4 Å². The molecule has 6 heteroatoms. The number of nitrogens with zero attached hydrogens (tertiary/aromatic N) is 1. The van der Waals surface area contributed by atoms with Crippen LogP contribution in [0.3, 0.4) is 0 Å². The summed E-state index contributed by atoms with van der Waals surface area (Å²) >= 11 is 0. The largest absolute Gasteiger partial charge is 0.506 e. The van der Waals surface area contributed by atoms with Gasteiger partial charge in [-0.1, -0.05) is 12.1 Å². The molecule has 0 atom stereocenters. The third-order valence-electron chi connectivity index (χ3n) is 5.76. The number of hydrogen-bond acceptors (Lipinski definition) is 4. The number of H-pyrrole nitrogens is 1. The van der Waals surface area contributed by atoms with Crippen LogP contribution < -0.4 is 10.6 Å². The highest BCUT2D eigenvalue weighted by molar-refractivity contribution is 5.95. The average Bonchev–Trinajstić information content (AvgIpc) is 3.04. The molecule has 158 valence electrons. The van der Waals surface area contributed by atoms with E-state index >= 15 is 0 Å². The molecule has 1 aliphatic heterocycles. The van der Waals surface area contributed by atoms with Gasteiger partial charge in [0.2, 0.25) is 0 Å². The first-order valence-electron chi connectivity index (χ1n) is 10.4. The third-order valence-corrected chi connectivity index (χ3v) is 5.76. The summed E-state index contributed by atoms with van der Waals surface area (Å²) in [7, 11) is 0. The molecule has 0 unspecified atom stereocenters. The van der Waals surface area contributed by atoms with Crippen LogP contribution in [0.1, 0.15) is 56.5 Å². The molecule has 2 heterocycles. The molecule has 0 bridgehead atoms. The summed E-state index contributed by atoms with van der Waals surface area (Å²) in [5.41, 5.74) is 3.79. The number of aryl methyl sites for hydroxylation is 1. The van der Waals surface area contributed by atoms with E-state index in [2.05, 4.69) is 48.3 Å². The number of carbonyl (C=O) groups is 1. The minimum absolute atomic E-state index is 0.0215. The van der Waals surface area contributed by atoms with Crippen LogP contribution in [0.4, 0.5) is 0 Å². The van der Waals surface area contributed by atoms with Crippen molar-refractivity contribution in [3.63, 3.8) is 0 Å². The molecule has 4 N–H and O–H groups in total. The number of piperidine rings is 1. The standard InChI is InChI=1S/C24H30N4O2/c1-14-11-15(22(30)25-16-12-23(2,3)28-24(4,5)13-16)9-10-17(14)21-26-18-7-6-8-19(29)20(18)27-21/h6-11,16,28-29H,12-13H2,1-5H3,(H,25,30)(H,26,27). The van der Waals surface area contributed by atoms with Gasteiger partial charge in [-0.2, -0.15) is 0 Å². The van der Waals surface area contributed by atoms with E-state index < -0.39 is 0 Å². The second kappa shape index (κ2) is 7.13. The molecule has 1 aliphatic rings. The first-order valence-corrected chi connectivity index (χ1v) is 10.4. The van der Waals surface area contributed by atoms with Crippen molar-refractivity contribution in [3.05, 3.63) is 47.5 Å². The fraction of sp³-hybridized carbons (Fsp3) is 0.417. The second-order valence-electron chi connectivity index (χ2n) is 9.76. The third kappa shape index (κ3) is 4.05. The van der Waals surface area contributed by atoms with Gasteiger partial charge in [-0.05, 0) is 77.3 Å². The van der Waals surface area contributed by atoms with E-state index in [1.54, 1.807) is 12.1 Å². The van der Waals surface area contributed by atoms with Crippen LogP contribution in [0.15, 0.2) is 36.4 Å². The normalized spacial score (nSPS) is 18.4. The highest BCUT2D eigenvalue weighted by Crippen LogP contribution is 2.30. The lowest BCUT2D eigenvalue weighted by Crippen LogP contribution is -2.62. The number of phenolic OH excluding ortho intramolecular Hbond substituents is 1.